The fourth-order valence-corrected chi connectivity index (χ4v) is 5.93. The monoisotopic (exact) mass is 579 g/mol. The number of hydrogen-bond acceptors (Lipinski definition) is 8. The molecule has 0 aliphatic carbocycles. The molecule has 5 rings (SSSR count). The van der Waals surface area contributed by atoms with Crippen LogP contribution in [0.25, 0.3) is 22.2 Å². The Morgan fingerprint density at radius 3 is 2.70 bits per heavy atom. The first-order chi connectivity index (χ1) is 19.0. The van der Waals surface area contributed by atoms with Crippen molar-refractivity contribution in [1.29, 1.82) is 0 Å². The molecule has 2 saturated heterocycles. The van der Waals surface area contributed by atoms with Crippen LogP contribution < -0.4 is 9.64 Å². The minimum atomic E-state index is -2.78. The highest BCUT2D eigenvalue weighted by Crippen LogP contribution is 2.47. The molecule has 2 atom stereocenters. The van der Waals surface area contributed by atoms with Crippen LogP contribution in [-0.4, -0.2) is 81.4 Å². The van der Waals surface area contributed by atoms with Crippen molar-refractivity contribution in [3.63, 3.8) is 0 Å². The number of anilines is 1. The zero-order chi connectivity index (χ0) is 28.7. The molecule has 4 heterocycles. The molecule has 0 spiro atoms. The Morgan fingerprint density at radius 2 is 2.05 bits per heavy atom. The first-order valence-corrected chi connectivity index (χ1v) is 13.9. The number of aliphatic hydroxyl groups is 1. The molecule has 2 aliphatic rings. The zero-order valence-electron chi connectivity index (χ0n) is 22.5. The molecule has 2 fully saturated rings. The third-order valence-electron chi connectivity index (χ3n) is 8.10. The number of phenolic OH excluding ortho intramolecular Hbond substituents is 1. The van der Waals surface area contributed by atoms with E-state index in [2.05, 4.69) is 15.0 Å². The van der Waals surface area contributed by atoms with E-state index in [0.29, 0.717) is 30.7 Å². The molecular weight excluding hydrogens is 547 g/mol. The summed E-state index contributed by atoms with van der Waals surface area (Å²) in [5.74, 6) is -3.08. The van der Waals surface area contributed by atoms with E-state index in [1.165, 1.54) is 24.4 Å². The van der Waals surface area contributed by atoms with Crippen molar-refractivity contribution in [2.24, 2.45) is 5.92 Å². The minimum absolute atomic E-state index is 0.0341. The van der Waals surface area contributed by atoms with Crippen molar-refractivity contribution in [2.75, 3.05) is 44.8 Å². The van der Waals surface area contributed by atoms with Gasteiger partial charge in [0.25, 0.3) is 5.92 Å². The maximum absolute atomic E-state index is 16.0. The SMILES string of the molecule is CCC(CO)CCCN(C)c1nc(OCC23CCN2CC(F)(F)C3)nc2c(F)c(-c3cc(O)cc(Cl)c3)ncc12. The Hall–Kier alpha value is -2.89. The van der Waals surface area contributed by atoms with Gasteiger partial charge in [-0.25, -0.2) is 13.2 Å². The van der Waals surface area contributed by atoms with Crippen LogP contribution in [-0.2, 0) is 0 Å². The molecule has 40 heavy (non-hydrogen) atoms. The van der Waals surface area contributed by atoms with Crippen molar-refractivity contribution in [3.8, 4) is 23.0 Å². The average Bonchev–Trinajstić information content (AvgIpc) is 3.08. The average molecular weight is 580 g/mol. The van der Waals surface area contributed by atoms with Gasteiger partial charge in [-0.1, -0.05) is 24.9 Å². The summed E-state index contributed by atoms with van der Waals surface area (Å²) in [4.78, 5) is 16.8. The lowest BCUT2D eigenvalue weighted by molar-refractivity contribution is -0.0132. The van der Waals surface area contributed by atoms with Gasteiger partial charge in [0, 0.05) is 49.9 Å². The Bertz CT molecular complexity index is 1370. The number of fused-ring (bicyclic) bond motifs is 2. The van der Waals surface area contributed by atoms with Crippen molar-refractivity contribution >= 4 is 28.3 Å². The molecule has 8 nitrogen and oxygen atoms in total. The second-order valence-electron chi connectivity index (χ2n) is 10.9. The standard InChI is InChI=1S/C28H33ClF3N5O3/c1-3-17(13-38)5-4-7-36(2)25-21-12-33-23(18-9-19(29)11-20(39)10-18)22(30)24(21)34-26(35-25)40-16-27-6-8-37(27)15-28(31,32)14-27/h9-12,17,38-39H,3-8,13-16H2,1-2H3. The van der Waals surface area contributed by atoms with E-state index in [4.69, 9.17) is 16.3 Å². The van der Waals surface area contributed by atoms with Crippen molar-refractivity contribution in [2.45, 2.75) is 50.5 Å². The summed E-state index contributed by atoms with van der Waals surface area (Å²) in [5, 5.41) is 20.1. The van der Waals surface area contributed by atoms with Gasteiger partial charge in [0.15, 0.2) is 5.82 Å². The first kappa shape index (κ1) is 28.6. The maximum Gasteiger partial charge on any atom is 0.319 e. The lowest BCUT2D eigenvalue weighted by Gasteiger charge is -2.46. The number of rotatable bonds is 11. The molecule has 0 amide bonds. The van der Waals surface area contributed by atoms with Gasteiger partial charge in [0.2, 0.25) is 0 Å². The van der Waals surface area contributed by atoms with E-state index < -0.39 is 17.3 Å². The maximum atomic E-state index is 16.0. The predicted molar refractivity (Wildman–Crippen MR) is 147 cm³/mol. The second-order valence-corrected chi connectivity index (χ2v) is 11.4. The molecule has 0 bridgehead atoms. The molecule has 0 saturated carbocycles. The first-order valence-electron chi connectivity index (χ1n) is 13.5. The van der Waals surface area contributed by atoms with Crippen LogP contribution >= 0.6 is 11.6 Å². The molecule has 2 aromatic heterocycles. The number of aromatic nitrogens is 3. The van der Waals surface area contributed by atoms with E-state index in [9.17, 15) is 19.0 Å². The quantitative estimate of drug-likeness (QED) is 0.317. The van der Waals surface area contributed by atoms with E-state index in [1.807, 2.05) is 18.9 Å². The summed E-state index contributed by atoms with van der Waals surface area (Å²) in [6, 6.07) is 4.06. The minimum Gasteiger partial charge on any atom is -0.508 e. The number of nitrogens with zero attached hydrogens (tertiary/aromatic N) is 5. The highest BCUT2D eigenvalue weighted by atomic mass is 35.5. The topological polar surface area (TPSA) is 94.8 Å². The number of alkyl halides is 2. The summed E-state index contributed by atoms with van der Waals surface area (Å²) in [5.41, 5.74) is -0.616. The molecule has 0 radical (unpaired) electrons. The van der Waals surface area contributed by atoms with Crippen molar-refractivity contribution in [3.05, 3.63) is 35.2 Å². The highest BCUT2D eigenvalue weighted by Gasteiger charge is 2.59. The van der Waals surface area contributed by atoms with Crippen LogP contribution in [0.5, 0.6) is 11.8 Å². The number of halogens is 4. The third kappa shape index (κ3) is 5.64. The fourth-order valence-electron chi connectivity index (χ4n) is 5.70. The second kappa shape index (κ2) is 11.2. The zero-order valence-corrected chi connectivity index (χ0v) is 23.3. The summed E-state index contributed by atoms with van der Waals surface area (Å²) < 4.78 is 50.2. The molecular formula is C28H33ClF3N5O3. The van der Waals surface area contributed by atoms with Gasteiger partial charge in [0.05, 0.1) is 17.5 Å². The van der Waals surface area contributed by atoms with Gasteiger partial charge in [-0.15, -0.1) is 0 Å². The van der Waals surface area contributed by atoms with Gasteiger partial charge < -0.3 is 19.8 Å². The van der Waals surface area contributed by atoms with Gasteiger partial charge in [0.1, 0.15) is 29.4 Å². The van der Waals surface area contributed by atoms with Gasteiger partial charge in [-0.2, -0.15) is 9.97 Å². The van der Waals surface area contributed by atoms with E-state index in [0.717, 1.165) is 19.3 Å². The summed E-state index contributed by atoms with van der Waals surface area (Å²) in [6.45, 7) is 2.95. The molecule has 2 N–H and O–H groups in total. The predicted octanol–water partition coefficient (Wildman–Crippen LogP) is 5.29. The van der Waals surface area contributed by atoms with Crippen molar-refractivity contribution < 1.29 is 28.1 Å². The van der Waals surface area contributed by atoms with Crippen LogP contribution in [0.4, 0.5) is 19.0 Å². The molecule has 12 heteroatoms. The Balaban J connectivity index is 1.49. The van der Waals surface area contributed by atoms with Crippen molar-refractivity contribution in [1.82, 2.24) is 19.9 Å². The third-order valence-corrected chi connectivity index (χ3v) is 8.32. The molecule has 1 aromatic carbocycles. The summed E-state index contributed by atoms with van der Waals surface area (Å²) in [6.07, 6.45) is 4.18. The molecule has 3 aromatic rings. The smallest absolute Gasteiger partial charge is 0.319 e. The van der Waals surface area contributed by atoms with E-state index in [-0.39, 0.29) is 65.7 Å². The largest absolute Gasteiger partial charge is 0.508 e. The van der Waals surface area contributed by atoms with Crippen LogP contribution in [0.2, 0.25) is 5.02 Å². The van der Waals surface area contributed by atoms with Crippen LogP contribution in [0.1, 0.15) is 39.0 Å². The number of phenols is 1. The van der Waals surface area contributed by atoms with Crippen LogP contribution in [0, 0.1) is 11.7 Å². The van der Waals surface area contributed by atoms with E-state index >= 15 is 4.39 Å². The van der Waals surface area contributed by atoms with E-state index in [1.54, 1.807) is 4.90 Å². The number of benzene rings is 1. The number of aliphatic hydroxyl groups excluding tert-OH is 1. The molecule has 2 aliphatic heterocycles. The van der Waals surface area contributed by atoms with Crippen LogP contribution in [0.3, 0.4) is 0 Å². The normalized spacial score (nSPS) is 20.8. The Labute approximate surface area is 235 Å². The van der Waals surface area contributed by atoms with Crippen LogP contribution in [0.15, 0.2) is 24.4 Å². The lowest BCUT2D eigenvalue weighted by atomic mass is 9.85. The Morgan fingerprint density at radius 1 is 1.25 bits per heavy atom. The summed E-state index contributed by atoms with van der Waals surface area (Å²) in [7, 11) is 1.82. The van der Waals surface area contributed by atoms with Gasteiger partial charge >= 0.3 is 6.01 Å². The summed E-state index contributed by atoms with van der Waals surface area (Å²) >= 11 is 6.07. The number of pyridine rings is 1. The van der Waals surface area contributed by atoms with Gasteiger partial charge in [-0.3, -0.25) is 9.88 Å². The Kier molecular flexibility index (Phi) is 8.00. The van der Waals surface area contributed by atoms with Gasteiger partial charge in [-0.05, 0) is 43.4 Å². The fraction of sp³-hybridized carbons (Fsp3) is 0.536. The lowest BCUT2D eigenvalue weighted by Crippen LogP contribution is -2.59. The number of ether oxygens (including phenoxy) is 1. The number of hydrogen-bond donors (Lipinski definition) is 2. The number of aromatic hydroxyl groups is 1. The highest BCUT2D eigenvalue weighted by molar-refractivity contribution is 6.31. The molecule has 216 valence electrons. The molecule has 2 unspecified atom stereocenters.